The fourth-order valence-corrected chi connectivity index (χ4v) is 2.52. The fourth-order valence-electron chi connectivity index (χ4n) is 2.52. The molecule has 2 rings (SSSR count). The quantitative estimate of drug-likeness (QED) is 0.836. The van der Waals surface area contributed by atoms with Crippen LogP contribution in [0.5, 0.6) is 0 Å². The van der Waals surface area contributed by atoms with Crippen molar-refractivity contribution in [1.82, 2.24) is 25.0 Å². The Hall–Kier alpha value is -1.43. The molecule has 1 saturated heterocycles. The van der Waals surface area contributed by atoms with Crippen molar-refractivity contribution in [2.75, 3.05) is 26.7 Å². The van der Waals surface area contributed by atoms with Gasteiger partial charge in [-0.25, -0.2) is 9.67 Å². The Morgan fingerprint density at radius 3 is 3.11 bits per heavy atom. The summed E-state index contributed by atoms with van der Waals surface area (Å²) in [6.45, 7) is 4.55. The number of amides is 1. The van der Waals surface area contributed by atoms with Crippen molar-refractivity contribution >= 4 is 5.91 Å². The first-order valence-corrected chi connectivity index (χ1v) is 6.50. The molecule has 0 spiro atoms. The molecule has 2 heterocycles. The summed E-state index contributed by atoms with van der Waals surface area (Å²) in [7, 11) is 1.96. The molecule has 1 aliphatic rings. The molecule has 1 aromatic heterocycles. The van der Waals surface area contributed by atoms with Gasteiger partial charge in [-0.05, 0) is 39.3 Å². The van der Waals surface area contributed by atoms with Gasteiger partial charge in [0.2, 0.25) is 5.91 Å². The minimum Gasteiger partial charge on any atom is -0.341 e. The van der Waals surface area contributed by atoms with E-state index in [1.807, 2.05) is 18.9 Å². The summed E-state index contributed by atoms with van der Waals surface area (Å²) in [4.78, 5) is 18.2. The van der Waals surface area contributed by atoms with Crippen LogP contribution in [0.25, 0.3) is 0 Å². The van der Waals surface area contributed by atoms with Gasteiger partial charge in [0.25, 0.3) is 0 Å². The highest BCUT2D eigenvalue weighted by Crippen LogP contribution is 2.18. The molecule has 6 heteroatoms. The number of nitrogens with one attached hydrogen (secondary N) is 1. The van der Waals surface area contributed by atoms with E-state index in [-0.39, 0.29) is 11.9 Å². The third kappa shape index (κ3) is 2.87. The Labute approximate surface area is 107 Å². The third-order valence-corrected chi connectivity index (χ3v) is 3.51. The number of aromatic nitrogens is 3. The molecule has 1 N–H and O–H groups in total. The van der Waals surface area contributed by atoms with Crippen molar-refractivity contribution in [2.24, 2.45) is 5.92 Å². The summed E-state index contributed by atoms with van der Waals surface area (Å²) in [6, 6.07) is -0.263. The number of rotatable bonds is 4. The summed E-state index contributed by atoms with van der Waals surface area (Å²) in [6.07, 6.45) is 5.34. The van der Waals surface area contributed by atoms with Crippen molar-refractivity contribution in [3.05, 3.63) is 12.7 Å². The number of hydrogen-bond donors (Lipinski definition) is 1. The zero-order chi connectivity index (χ0) is 13.0. The molecule has 100 valence electrons. The Kier molecular flexibility index (Phi) is 4.30. The molecule has 1 amide bonds. The smallest absolute Gasteiger partial charge is 0.247 e. The summed E-state index contributed by atoms with van der Waals surface area (Å²) in [5.41, 5.74) is 0. The highest BCUT2D eigenvalue weighted by molar-refractivity contribution is 5.80. The van der Waals surface area contributed by atoms with Crippen LogP contribution in [0.2, 0.25) is 0 Å². The monoisotopic (exact) mass is 251 g/mol. The van der Waals surface area contributed by atoms with E-state index in [1.54, 1.807) is 11.0 Å². The van der Waals surface area contributed by atoms with E-state index < -0.39 is 0 Å². The van der Waals surface area contributed by atoms with Crippen molar-refractivity contribution in [1.29, 1.82) is 0 Å². The molecule has 0 saturated carbocycles. The van der Waals surface area contributed by atoms with Gasteiger partial charge in [-0.2, -0.15) is 5.10 Å². The predicted molar refractivity (Wildman–Crippen MR) is 68.0 cm³/mol. The minimum absolute atomic E-state index is 0.140. The second-order valence-corrected chi connectivity index (χ2v) is 4.90. The lowest BCUT2D eigenvalue weighted by molar-refractivity contribution is -0.136. The van der Waals surface area contributed by atoms with Gasteiger partial charge >= 0.3 is 0 Å². The van der Waals surface area contributed by atoms with E-state index in [9.17, 15) is 4.79 Å². The van der Waals surface area contributed by atoms with E-state index in [4.69, 9.17) is 0 Å². The predicted octanol–water partition coefficient (Wildman–Crippen LogP) is 0.297. The van der Waals surface area contributed by atoms with E-state index >= 15 is 0 Å². The highest BCUT2D eigenvalue weighted by Gasteiger charge is 2.27. The van der Waals surface area contributed by atoms with Gasteiger partial charge < -0.3 is 10.2 Å². The van der Waals surface area contributed by atoms with Crippen LogP contribution < -0.4 is 5.32 Å². The molecular formula is C12H21N5O. The number of hydrogen-bond acceptors (Lipinski definition) is 4. The first-order chi connectivity index (χ1) is 8.72. The second kappa shape index (κ2) is 5.95. The van der Waals surface area contributed by atoms with Crippen molar-refractivity contribution in [3.8, 4) is 0 Å². The summed E-state index contributed by atoms with van der Waals surface area (Å²) in [5, 5.41) is 7.22. The van der Waals surface area contributed by atoms with Gasteiger partial charge in [-0.1, -0.05) is 0 Å². The average Bonchev–Trinajstić information content (AvgIpc) is 2.91. The average molecular weight is 251 g/mol. The summed E-state index contributed by atoms with van der Waals surface area (Å²) in [5.74, 6) is 0.706. The molecule has 6 nitrogen and oxygen atoms in total. The molecule has 1 fully saturated rings. The van der Waals surface area contributed by atoms with Crippen LogP contribution in [0.3, 0.4) is 0 Å². The van der Waals surface area contributed by atoms with Crippen LogP contribution in [0.1, 0.15) is 25.8 Å². The largest absolute Gasteiger partial charge is 0.341 e. The van der Waals surface area contributed by atoms with Crippen LogP contribution >= 0.6 is 0 Å². The number of piperidine rings is 1. The van der Waals surface area contributed by atoms with E-state index in [0.717, 1.165) is 26.1 Å². The van der Waals surface area contributed by atoms with Gasteiger partial charge in [0.1, 0.15) is 18.7 Å². The first kappa shape index (κ1) is 13.0. The van der Waals surface area contributed by atoms with Gasteiger partial charge in [-0.15, -0.1) is 0 Å². The molecule has 0 bridgehead atoms. The second-order valence-electron chi connectivity index (χ2n) is 4.90. The van der Waals surface area contributed by atoms with Gasteiger partial charge in [-0.3, -0.25) is 4.79 Å². The normalized spacial score (nSPS) is 21.9. The van der Waals surface area contributed by atoms with Crippen molar-refractivity contribution < 1.29 is 4.79 Å². The van der Waals surface area contributed by atoms with Crippen LogP contribution in [0, 0.1) is 5.92 Å². The molecule has 18 heavy (non-hydrogen) atoms. The van der Waals surface area contributed by atoms with Gasteiger partial charge in [0.15, 0.2) is 0 Å². The lowest BCUT2D eigenvalue weighted by Gasteiger charge is -2.34. The molecule has 0 radical (unpaired) electrons. The number of carbonyl (C=O) groups excluding carboxylic acids is 1. The lowest BCUT2D eigenvalue weighted by Crippen LogP contribution is -2.45. The maximum atomic E-state index is 12.4. The lowest BCUT2D eigenvalue weighted by atomic mass is 9.97. The zero-order valence-electron chi connectivity index (χ0n) is 11.0. The maximum Gasteiger partial charge on any atom is 0.247 e. The maximum absolute atomic E-state index is 12.4. The molecule has 1 aromatic rings. The standard InChI is InChI=1S/C12H21N5O/c1-10(17-9-14-8-15-17)12(18)16-5-3-4-11(7-16)6-13-2/h8-11,13H,3-7H2,1-2H3. The number of nitrogens with zero attached hydrogens (tertiary/aromatic N) is 4. The number of likely N-dealkylation sites (tertiary alicyclic amines) is 1. The Morgan fingerprint density at radius 2 is 2.44 bits per heavy atom. The van der Waals surface area contributed by atoms with Crippen LogP contribution in [-0.2, 0) is 4.79 Å². The Morgan fingerprint density at radius 1 is 1.61 bits per heavy atom. The molecule has 1 aliphatic heterocycles. The van der Waals surface area contributed by atoms with Crippen LogP contribution in [-0.4, -0.2) is 52.3 Å². The minimum atomic E-state index is -0.263. The molecule has 2 unspecified atom stereocenters. The SMILES string of the molecule is CNCC1CCCN(C(=O)C(C)n2cncn2)C1. The Balaban J connectivity index is 1.96. The Bertz CT molecular complexity index is 376. The van der Waals surface area contributed by atoms with E-state index in [0.29, 0.717) is 5.92 Å². The van der Waals surface area contributed by atoms with E-state index in [2.05, 4.69) is 15.4 Å². The third-order valence-electron chi connectivity index (χ3n) is 3.51. The molecule has 2 atom stereocenters. The van der Waals surface area contributed by atoms with Gasteiger partial charge in [0, 0.05) is 13.1 Å². The molecule has 0 aromatic carbocycles. The number of carbonyl (C=O) groups is 1. The molecular weight excluding hydrogens is 230 g/mol. The first-order valence-electron chi connectivity index (χ1n) is 6.50. The highest BCUT2D eigenvalue weighted by atomic mass is 16.2. The van der Waals surface area contributed by atoms with Crippen LogP contribution in [0.4, 0.5) is 0 Å². The van der Waals surface area contributed by atoms with Crippen molar-refractivity contribution in [3.63, 3.8) is 0 Å². The topological polar surface area (TPSA) is 63.1 Å². The van der Waals surface area contributed by atoms with E-state index in [1.165, 1.54) is 12.7 Å². The van der Waals surface area contributed by atoms with Gasteiger partial charge in [0.05, 0.1) is 0 Å². The fraction of sp³-hybridized carbons (Fsp3) is 0.750. The summed E-state index contributed by atoms with van der Waals surface area (Å²) < 4.78 is 1.62. The van der Waals surface area contributed by atoms with Crippen LogP contribution in [0.15, 0.2) is 12.7 Å². The summed E-state index contributed by atoms with van der Waals surface area (Å²) >= 11 is 0. The zero-order valence-corrected chi connectivity index (χ0v) is 11.0. The molecule has 0 aliphatic carbocycles. The van der Waals surface area contributed by atoms with Crippen molar-refractivity contribution in [2.45, 2.75) is 25.8 Å².